The van der Waals surface area contributed by atoms with E-state index in [4.69, 9.17) is 20.9 Å². The summed E-state index contributed by atoms with van der Waals surface area (Å²) in [4.78, 5) is 27.7. The second kappa shape index (κ2) is 7.20. The molecular formula is C16H16ClN3O5. The van der Waals surface area contributed by atoms with Gasteiger partial charge in [0.25, 0.3) is 0 Å². The molecule has 1 aromatic carbocycles. The Bertz CT molecular complexity index is 768. The van der Waals surface area contributed by atoms with Gasteiger partial charge in [0.15, 0.2) is 5.54 Å². The Morgan fingerprint density at radius 3 is 2.72 bits per heavy atom. The van der Waals surface area contributed by atoms with Crippen LogP contribution in [-0.2, 0) is 20.7 Å². The number of aromatic nitrogens is 2. The van der Waals surface area contributed by atoms with Crippen LogP contribution in [0, 0.1) is 0 Å². The van der Waals surface area contributed by atoms with E-state index in [1.165, 1.54) is 0 Å². The van der Waals surface area contributed by atoms with Crippen LogP contribution in [0.3, 0.4) is 0 Å². The van der Waals surface area contributed by atoms with Crippen molar-refractivity contribution in [3.8, 4) is 11.4 Å². The minimum atomic E-state index is -1.35. The number of hydrogen-bond donors (Lipinski definition) is 2. The number of nitrogens with zero attached hydrogens (tertiary/aromatic N) is 2. The Labute approximate surface area is 148 Å². The maximum atomic E-state index is 12.1. The van der Waals surface area contributed by atoms with E-state index in [2.05, 4.69) is 15.5 Å². The fraction of sp³-hybridized carbons (Fsp3) is 0.375. The zero-order chi connectivity index (χ0) is 17.9. The van der Waals surface area contributed by atoms with Crippen LogP contribution in [0.25, 0.3) is 11.4 Å². The number of halogens is 1. The molecular weight excluding hydrogens is 350 g/mol. The summed E-state index contributed by atoms with van der Waals surface area (Å²) in [5.41, 5.74) is -0.600. The highest BCUT2D eigenvalue weighted by Crippen LogP contribution is 2.20. The lowest BCUT2D eigenvalue weighted by atomic mass is 9.98. The summed E-state index contributed by atoms with van der Waals surface area (Å²) in [6.45, 7) is 0.274. The van der Waals surface area contributed by atoms with Gasteiger partial charge in [0.05, 0.1) is 6.61 Å². The first-order valence-electron chi connectivity index (χ1n) is 7.69. The summed E-state index contributed by atoms with van der Waals surface area (Å²) in [5.74, 6) is -0.800. The second-order valence-electron chi connectivity index (χ2n) is 5.76. The van der Waals surface area contributed by atoms with Gasteiger partial charge in [0, 0.05) is 36.5 Å². The maximum absolute atomic E-state index is 12.1. The number of aliphatic carboxylic acids is 1. The van der Waals surface area contributed by atoms with E-state index in [-0.39, 0.29) is 25.9 Å². The van der Waals surface area contributed by atoms with E-state index in [1.807, 2.05) is 0 Å². The Hall–Kier alpha value is -2.45. The number of amides is 1. The summed E-state index contributed by atoms with van der Waals surface area (Å²) in [6, 6.07) is 6.96. The van der Waals surface area contributed by atoms with Crippen LogP contribution in [0.5, 0.6) is 0 Å². The number of carbonyl (C=O) groups excluding carboxylic acids is 1. The molecule has 2 heterocycles. The molecule has 1 aromatic heterocycles. The SMILES string of the molecule is O=C(CCc1nc(-c2ccc(Cl)cc2)no1)NC1(C(=O)O)CCOC1. The van der Waals surface area contributed by atoms with Gasteiger partial charge >= 0.3 is 5.97 Å². The average molecular weight is 366 g/mol. The fourth-order valence-corrected chi connectivity index (χ4v) is 2.63. The summed E-state index contributed by atoms with van der Waals surface area (Å²) in [7, 11) is 0. The van der Waals surface area contributed by atoms with Gasteiger partial charge in [0.2, 0.25) is 17.6 Å². The van der Waals surface area contributed by atoms with Gasteiger partial charge in [-0.15, -0.1) is 0 Å². The number of ether oxygens (including phenoxy) is 1. The Balaban J connectivity index is 1.57. The molecule has 0 aliphatic carbocycles. The summed E-state index contributed by atoms with van der Waals surface area (Å²) in [6.07, 6.45) is 0.496. The highest BCUT2D eigenvalue weighted by molar-refractivity contribution is 6.30. The molecule has 1 aliphatic rings. The number of hydrogen-bond acceptors (Lipinski definition) is 6. The molecule has 9 heteroatoms. The lowest BCUT2D eigenvalue weighted by Gasteiger charge is -2.23. The van der Waals surface area contributed by atoms with Crippen LogP contribution in [0.15, 0.2) is 28.8 Å². The van der Waals surface area contributed by atoms with Gasteiger partial charge in [-0.1, -0.05) is 16.8 Å². The zero-order valence-corrected chi connectivity index (χ0v) is 14.0. The first-order chi connectivity index (χ1) is 12.0. The van der Waals surface area contributed by atoms with Gasteiger partial charge in [-0.25, -0.2) is 4.79 Å². The number of nitrogens with one attached hydrogen (secondary N) is 1. The van der Waals surface area contributed by atoms with Crippen molar-refractivity contribution in [3.63, 3.8) is 0 Å². The summed E-state index contributed by atoms with van der Waals surface area (Å²) < 4.78 is 10.2. The molecule has 3 rings (SSSR count). The third kappa shape index (κ3) is 3.97. The smallest absolute Gasteiger partial charge is 0.331 e. The first kappa shape index (κ1) is 17.4. The van der Waals surface area contributed by atoms with Crippen molar-refractivity contribution in [2.24, 2.45) is 0 Å². The molecule has 0 spiro atoms. The molecule has 8 nitrogen and oxygen atoms in total. The van der Waals surface area contributed by atoms with Crippen molar-refractivity contribution in [2.45, 2.75) is 24.8 Å². The number of rotatable bonds is 6. The second-order valence-corrected chi connectivity index (χ2v) is 6.19. The third-order valence-electron chi connectivity index (χ3n) is 3.95. The predicted octanol–water partition coefficient (Wildman–Crippen LogP) is 1.68. The van der Waals surface area contributed by atoms with Gasteiger partial charge in [-0.2, -0.15) is 4.98 Å². The van der Waals surface area contributed by atoms with Gasteiger partial charge in [0.1, 0.15) is 0 Å². The van der Waals surface area contributed by atoms with Gasteiger partial charge in [-0.05, 0) is 24.3 Å². The van der Waals surface area contributed by atoms with E-state index < -0.39 is 17.4 Å². The van der Waals surface area contributed by atoms with Crippen molar-refractivity contribution in [1.82, 2.24) is 15.5 Å². The van der Waals surface area contributed by atoms with Crippen LogP contribution < -0.4 is 5.32 Å². The number of aryl methyl sites for hydroxylation is 1. The molecule has 1 amide bonds. The topological polar surface area (TPSA) is 115 Å². The minimum absolute atomic E-state index is 0.0324. The monoisotopic (exact) mass is 365 g/mol. The molecule has 2 N–H and O–H groups in total. The standard InChI is InChI=1S/C16H16ClN3O5/c17-11-3-1-10(2-4-11)14-18-13(25-20-14)6-5-12(21)19-16(15(22)23)7-8-24-9-16/h1-4H,5-9H2,(H,19,21)(H,22,23). The van der Waals surface area contributed by atoms with Crippen molar-refractivity contribution >= 4 is 23.5 Å². The summed E-state index contributed by atoms with van der Waals surface area (Å²) >= 11 is 5.83. The Morgan fingerprint density at radius 2 is 2.08 bits per heavy atom. The maximum Gasteiger partial charge on any atom is 0.331 e. The lowest BCUT2D eigenvalue weighted by Crippen LogP contribution is -2.55. The fourth-order valence-electron chi connectivity index (χ4n) is 2.51. The molecule has 1 fully saturated rings. The number of carboxylic acid groups (broad SMARTS) is 1. The van der Waals surface area contributed by atoms with E-state index in [9.17, 15) is 14.7 Å². The van der Waals surface area contributed by atoms with Crippen molar-refractivity contribution in [3.05, 3.63) is 35.2 Å². The van der Waals surface area contributed by atoms with Crippen LogP contribution >= 0.6 is 11.6 Å². The van der Waals surface area contributed by atoms with Gasteiger partial charge in [-0.3, -0.25) is 4.79 Å². The van der Waals surface area contributed by atoms with Crippen LogP contribution in [0.4, 0.5) is 0 Å². The molecule has 2 aromatic rings. The molecule has 1 atom stereocenters. The van der Waals surface area contributed by atoms with E-state index in [1.54, 1.807) is 24.3 Å². The molecule has 1 saturated heterocycles. The number of carbonyl (C=O) groups is 2. The Kier molecular flexibility index (Phi) is 5.00. The molecule has 132 valence electrons. The largest absolute Gasteiger partial charge is 0.479 e. The predicted molar refractivity (Wildman–Crippen MR) is 87.0 cm³/mol. The molecule has 1 aliphatic heterocycles. The minimum Gasteiger partial charge on any atom is -0.479 e. The van der Waals surface area contributed by atoms with E-state index in [0.717, 1.165) is 5.56 Å². The highest BCUT2D eigenvalue weighted by Gasteiger charge is 2.43. The average Bonchev–Trinajstić information content (AvgIpc) is 3.24. The van der Waals surface area contributed by atoms with Crippen molar-refractivity contribution in [2.75, 3.05) is 13.2 Å². The van der Waals surface area contributed by atoms with E-state index >= 15 is 0 Å². The number of carboxylic acids is 1. The number of benzene rings is 1. The van der Waals surface area contributed by atoms with Gasteiger partial charge < -0.3 is 19.7 Å². The Morgan fingerprint density at radius 1 is 1.32 bits per heavy atom. The van der Waals surface area contributed by atoms with Crippen LogP contribution in [0.2, 0.25) is 5.02 Å². The third-order valence-corrected chi connectivity index (χ3v) is 4.20. The molecule has 0 radical (unpaired) electrons. The molecule has 0 saturated carbocycles. The highest BCUT2D eigenvalue weighted by atomic mass is 35.5. The van der Waals surface area contributed by atoms with Crippen LogP contribution in [-0.4, -0.2) is 45.9 Å². The molecule has 1 unspecified atom stereocenters. The normalized spacial score (nSPS) is 19.7. The van der Waals surface area contributed by atoms with Crippen LogP contribution in [0.1, 0.15) is 18.7 Å². The molecule has 0 bridgehead atoms. The first-order valence-corrected chi connectivity index (χ1v) is 8.07. The van der Waals surface area contributed by atoms with Crippen molar-refractivity contribution < 1.29 is 24.0 Å². The zero-order valence-electron chi connectivity index (χ0n) is 13.2. The molecule has 25 heavy (non-hydrogen) atoms. The summed E-state index contributed by atoms with van der Waals surface area (Å²) in [5, 5.41) is 16.3. The quantitative estimate of drug-likeness (QED) is 0.800. The lowest BCUT2D eigenvalue weighted by molar-refractivity contribution is -0.147. The van der Waals surface area contributed by atoms with Crippen molar-refractivity contribution in [1.29, 1.82) is 0 Å². The van der Waals surface area contributed by atoms with E-state index in [0.29, 0.717) is 23.3 Å².